The van der Waals surface area contributed by atoms with Gasteiger partial charge in [-0.15, -0.1) is 0 Å². The topological polar surface area (TPSA) is 46.5 Å². The predicted octanol–water partition coefficient (Wildman–Crippen LogP) is 6.99. The molecule has 0 aliphatic heterocycles. The maximum Gasteiger partial charge on any atom is 0.417 e. The molecule has 2 aromatic carbocycles. The van der Waals surface area contributed by atoms with Gasteiger partial charge in [-0.25, -0.2) is 4.98 Å². The lowest BCUT2D eigenvalue weighted by Crippen LogP contribution is -2.13. The van der Waals surface area contributed by atoms with Gasteiger partial charge in [0.15, 0.2) is 5.82 Å². The van der Waals surface area contributed by atoms with E-state index in [4.69, 9.17) is 10.1 Å². The number of nitrogens with zero attached hydrogens (tertiary/aromatic N) is 3. The summed E-state index contributed by atoms with van der Waals surface area (Å²) in [5, 5.41) is 4.76. The third-order valence-corrected chi connectivity index (χ3v) is 5.26. The van der Waals surface area contributed by atoms with Crippen LogP contribution >= 0.6 is 0 Å². The van der Waals surface area contributed by atoms with Crippen LogP contribution in [-0.2, 0) is 11.6 Å². The molecule has 0 unspecified atom stereocenters. The molecule has 0 bridgehead atoms. The molecule has 0 saturated carbocycles. The van der Waals surface area contributed by atoms with Crippen LogP contribution in [-0.4, -0.2) is 19.7 Å². The normalized spacial score (nSPS) is 12.8. The number of imidazole rings is 1. The molecular weight excluding hydrogens is 401 g/mol. The maximum absolute atomic E-state index is 13.5. The van der Waals surface area contributed by atoms with Gasteiger partial charge in [-0.2, -0.15) is 18.3 Å². The Morgan fingerprint density at radius 1 is 0.968 bits per heavy atom. The summed E-state index contributed by atoms with van der Waals surface area (Å²) >= 11 is 0. The van der Waals surface area contributed by atoms with E-state index in [1.165, 1.54) is 12.1 Å². The van der Waals surface area contributed by atoms with Crippen molar-refractivity contribution in [1.82, 2.24) is 19.7 Å². The van der Waals surface area contributed by atoms with Crippen molar-refractivity contribution in [2.24, 2.45) is 0 Å². The molecule has 4 aromatic rings. The summed E-state index contributed by atoms with van der Waals surface area (Å²) < 4.78 is 42.3. The molecular formula is C24H25F3N4. The lowest BCUT2D eigenvalue weighted by Gasteiger charge is -2.14. The van der Waals surface area contributed by atoms with Crippen molar-refractivity contribution in [2.75, 3.05) is 0 Å². The van der Waals surface area contributed by atoms with Gasteiger partial charge in [0.25, 0.3) is 0 Å². The number of nitrogens with one attached hydrogen (secondary N) is 1. The molecule has 0 amide bonds. The quantitative estimate of drug-likeness (QED) is 0.384. The van der Waals surface area contributed by atoms with Crippen molar-refractivity contribution in [3.05, 3.63) is 59.8 Å². The van der Waals surface area contributed by atoms with E-state index >= 15 is 0 Å². The third-order valence-electron chi connectivity index (χ3n) is 5.26. The Bertz CT molecular complexity index is 1240. The van der Waals surface area contributed by atoms with Crippen LogP contribution in [0.2, 0.25) is 0 Å². The lowest BCUT2D eigenvalue weighted by atomic mass is 9.92. The Balaban J connectivity index is 1.83. The molecule has 7 heteroatoms. The first-order valence-electron chi connectivity index (χ1n) is 10.2. The van der Waals surface area contributed by atoms with Crippen LogP contribution < -0.4 is 0 Å². The van der Waals surface area contributed by atoms with Crippen LogP contribution in [0.4, 0.5) is 13.2 Å². The number of benzene rings is 2. The summed E-state index contributed by atoms with van der Waals surface area (Å²) in [6.07, 6.45) is -4.42. The highest BCUT2D eigenvalue weighted by molar-refractivity contribution is 5.85. The van der Waals surface area contributed by atoms with Gasteiger partial charge in [0, 0.05) is 11.5 Å². The van der Waals surface area contributed by atoms with Crippen LogP contribution in [0.15, 0.2) is 48.5 Å². The fraction of sp³-hybridized carbons (Fsp3) is 0.333. The Hall–Kier alpha value is -3.09. The smallest absolute Gasteiger partial charge is 0.337 e. The van der Waals surface area contributed by atoms with Crippen molar-refractivity contribution < 1.29 is 13.2 Å². The number of halogens is 3. The molecule has 0 atom stereocenters. The van der Waals surface area contributed by atoms with Crippen LogP contribution in [0.3, 0.4) is 0 Å². The van der Waals surface area contributed by atoms with E-state index in [2.05, 4.69) is 39.6 Å². The van der Waals surface area contributed by atoms with Gasteiger partial charge >= 0.3 is 6.18 Å². The van der Waals surface area contributed by atoms with E-state index in [-0.39, 0.29) is 17.0 Å². The Kier molecular flexibility index (Phi) is 4.95. The molecule has 0 aliphatic carbocycles. The molecule has 0 fully saturated rings. The summed E-state index contributed by atoms with van der Waals surface area (Å²) in [6, 6.07) is 12.9. The van der Waals surface area contributed by atoms with Crippen molar-refractivity contribution >= 4 is 11.0 Å². The number of alkyl halides is 3. The molecule has 1 N–H and O–H groups in total. The average molecular weight is 426 g/mol. The average Bonchev–Trinajstić information content (AvgIpc) is 3.30. The number of hydrogen-bond acceptors (Lipinski definition) is 2. The molecule has 31 heavy (non-hydrogen) atoms. The Morgan fingerprint density at radius 3 is 2.32 bits per heavy atom. The monoisotopic (exact) mass is 426 g/mol. The van der Waals surface area contributed by atoms with E-state index in [0.717, 1.165) is 23.0 Å². The molecule has 0 aliphatic rings. The number of aromatic amines is 1. The molecule has 2 aromatic heterocycles. The SMILES string of the molecule is CC(C)n1nc(C(C)(C)C)cc1-c1nc2cc(-c3ccccc3C(F)(F)F)ccc2[nH]1. The van der Waals surface area contributed by atoms with Crippen LogP contribution in [0, 0.1) is 0 Å². The molecule has 162 valence electrons. The second-order valence-electron chi connectivity index (χ2n) is 9.06. The van der Waals surface area contributed by atoms with Crippen LogP contribution in [0.25, 0.3) is 33.7 Å². The zero-order chi connectivity index (χ0) is 22.6. The Morgan fingerprint density at radius 2 is 1.68 bits per heavy atom. The van der Waals surface area contributed by atoms with Gasteiger partial charge in [0.05, 0.1) is 22.3 Å². The number of fused-ring (bicyclic) bond motifs is 1. The predicted molar refractivity (Wildman–Crippen MR) is 117 cm³/mol. The van der Waals surface area contributed by atoms with E-state index in [9.17, 15) is 13.2 Å². The van der Waals surface area contributed by atoms with Crippen molar-refractivity contribution in [3.63, 3.8) is 0 Å². The summed E-state index contributed by atoms with van der Waals surface area (Å²) in [6.45, 7) is 10.4. The number of H-pyrrole nitrogens is 1. The van der Waals surface area contributed by atoms with Gasteiger partial charge in [-0.1, -0.05) is 45.0 Å². The number of hydrogen-bond donors (Lipinski definition) is 1. The fourth-order valence-electron chi connectivity index (χ4n) is 3.61. The first kappa shape index (κ1) is 21.2. The highest BCUT2D eigenvalue weighted by atomic mass is 19.4. The van der Waals surface area contributed by atoms with Crippen LogP contribution in [0.1, 0.15) is 51.9 Å². The molecule has 0 saturated heterocycles. The molecule has 4 nitrogen and oxygen atoms in total. The zero-order valence-electron chi connectivity index (χ0n) is 18.2. The third kappa shape index (κ3) is 3.96. The number of aromatic nitrogens is 4. The fourth-order valence-corrected chi connectivity index (χ4v) is 3.61. The summed E-state index contributed by atoms with van der Waals surface area (Å²) in [5.41, 5.74) is 3.03. The van der Waals surface area contributed by atoms with E-state index in [1.807, 2.05) is 10.7 Å². The minimum Gasteiger partial charge on any atom is -0.337 e. The largest absolute Gasteiger partial charge is 0.417 e. The molecule has 4 rings (SSSR count). The Labute approximate surface area is 179 Å². The standard InChI is InChI=1S/C24H25F3N4/c1-14(2)31-20(13-21(30-31)23(3,4)5)22-28-18-11-10-15(12-19(18)29-22)16-8-6-7-9-17(16)24(25,26)27/h6-14H,1-5H3,(H,28,29). The summed E-state index contributed by atoms with van der Waals surface area (Å²) in [4.78, 5) is 8.00. The second kappa shape index (κ2) is 7.25. The molecule has 0 radical (unpaired) electrons. The first-order valence-corrected chi connectivity index (χ1v) is 10.2. The van der Waals surface area contributed by atoms with E-state index in [1.54, 1.807) is 24.3 Å². The second-order valence-corrected chi connectivity index (χ2v) is 9.06. The minimum atomic E-state index is -4.42. The zero-order valence-corrected chi connectivity index (χ0v) is 18.2. The van der Waals surface area contributed by atoms with E-state index < -0.39 is 11.7 Å². The van der Waals surface area contributed by atoms with Crippen molar-refractivity contribution in [3.8, 4) is 22.6 Å². The van der Waals surface area contributed by atoms with Gasteiger partial charge in [0.1, 0.15) is 5.69 Å². The van der Waals surface area contributed by atoms with Gasteiger partial charge in [-0.3, -0.25) is 4.68 Å². The first-order chi connectivity index (χ1) is 14.4. The summed E-state index contributed by atoms with van der Waals surface area (Å²) in [7, 11) is 0. The lowest BCUT2D eigenvalue weighted by molar-refractivity contribution is -0.137. The highest BCUT2D eigenvalue weighted by Gasteiger charge is 2.33. The van der Waals surface area contributed by atoms with E-state index in [0.29, 0.717) is 16.9 Å². The maximum atomic E-state index is 13.5. The number of rotatable bonds is 3. The molecule has 2 heterocycles. The van der Waals surface area contributed by atoms with Gasteiger partial charge < -0.3 is 4.98 Å². The molecule has 0 spiro atoms. The van der Waals surface area contributed by atoms with Crippen LogP contribution in [0.5, 0.6) is 0 Å². The van der Waals surface area contributed by atoms with Crippen molar-refractivity contribution in [2.45, 2.75) is 52.3 Å². The highest BCUT2D eigenvalue weighted by Crippen LogP contribution is 2.38. The minimum absolute atomic E-state index is 0.116. The van der Waals surface area contributed by atoms with Crippen molar-refractivity contribution in [1.29, 1.82) is 0 Å². The van der Waals surface area contributed by atoms with Gasteiger partial charge in [0.2, 0.25) is 0 Å². The van der Waals surface area contributed by atoms with Gasteiger partial charge in [-0.05, 0) is 49.2 Å². The summed E-state index contributed by atoms with van der Waals surface area (Å²) in [5.74, 6) is 0.646.